The molecule has 0 saturated carbocycles. The normalized spacial score (nSPS) is 12.6. The van der Waals surface area contributed by atoms with E-state index in [0.717, 1.165) is 0 Å². The second-order valence-electron chi connectivity index (χ2n) is 1.75. The number of thioether (sulfide) groups is 1. The van der Waals surface area contributed by atoms with Crippen molar-refractivity contribution in [1.82, 2.24) is 0 Å². The molecule has 0 fully saturated rings. The highest BCUT2D eigenvalue weighted by molar-refractivity contribution is 7.98. The summed E-state index contributed by atoms with van der Waals surface area (Å²) in [5, 5.41) is 8.20. The van der Waals surface area contributed by atoms with E-state index in [1.54, 1.807) is 11.8 Å². The fourth-order valence-corrected chi connectivity index (χ4v) is 0.740. The predicted octanol–water partition coefficient (Wildman–Crippen LogP) is 1.63. The van der Waals surface area contributed by atoms with Crippen LogP contribution < -0.4 is 0 Å². The molecule has 52 valence electrons. The highest BCUT2D eigenvalue weighted by atomic mass is 32.2. The Labute approximate surface area is 60.2 Å². The summed E-state index contributed by atoms with van der Waals surface area (Å²) in [4.78, 5) is 0. The Morgan fingerprint density at radius 2 is 2.44 bits per heavy atom. The molecule has 0 spiro atoms. The van der Waals surface area contributed by atoms with Gasteiger partial charge in [0.1, 0.15) is 0 Å². The third-order valence-electron chi connectivity index (χ3n) is 0.849. The Balaban J connectivity index is 3.08. The van der Waals surface area contributed by atoms with Gasteiger partial charge in [-0.15, -0.1) is 11.8 Å². The topological polar surface area (TPSA) is 33.0 Å². The van der Waals surface area contributed by atoms with E-state index in [4.69, 9.17) is 10.00 Å². The maximum Gasteiger partial charge on any atom is 0.0922 e. The Bertz CT molecular complexity index is 99.7. The van der Waals surface area contributed by atoms with E-state index < -0.39 is 0 Å². The van der Waals surface area contributed by atoms with Gasteiger partial charge in [-0.25, -0.2) is 0 Å². The van der Waals surface area contributed by atoms with Crippen LogP contribution in [0, 0.1) is 11.3 Å². The standard InChI is InChI=1S/C6H11NOS/c1-6(3-4-7)8-5-9-2/h6H,3,5H2,1-2H3. The summed E-state index contributed by atoms with van der Waals surface area (Å²) < 4.78 is 5.17. The fraction of sp³-hybridized carbons (Fsp3) is 0.833. The largest absolute Gasteiger partial charge is 0.367 e. The van der Waals surface area contributed by atoms with Crippen molar-refractivity contribution < 1.29 is 4.74 Å². The molecule has 0 heterocycles. The first-order valence-electron chi connectivity index (χ1n) is 2.78. The Hall–Kier alpha value is -0.200. The number of hydrogen-bond donors (Lipinski definition) is 0. The second kappa shape index (κ2) is 5.93. The van der Waals surface area contributed by atoms with Crippen LogP contribution in [0.15, 0.2) is 0 Å². The van der Waals surface area contributed by atoms with Crippen molar-refractivity contribution >= 4 is 11.8 Å². The lowest BCUT2D eigenvalue weighted by atomic mass is 10.3. The molecule has 3 heteroatoms. The summed E-state index contributed by atoms with van der Waals surface area (Å²) in [5.41, 5.74) is 0. The smallest absolute Gasteiger partial charge is 0.0922 e. The molecule has 0 bridgehead atoms. The predicted molar refractivity (Wildman–Crippen MR) is 39.2 cm³/mol. The third-order valence-corrected chi connectivity index (χ3v) is 1.22. The van der Waals surface area contributed by atoms with Gasteiger partial charge in [0, 0.05) is 0 Å². The number of nitriles is 1. The summed E-state index contributed by atoms with van der Waals surface area (Å²) in [7, 11) is 0. The minimum absolute atomic E-state index is 0.0856. The van der Waals surface area contributed by atoms with E-state index in [1.807, 2.05) is 19.2 Å². The SMILES string of the molecule is CSCOC(C)CC#N. The Morgan fingerprint density at radius 1 is 1.78 bits per heavy atom. The molecule has 0 aliphatic carbocycles. The van der Waals surface area contributed by atoms with Gasteiger partial charge in [0.2, 0.25) is 0 Å². The molecule has 0 aromatic heterocycles. The molecule has 0 aliphatic rings. The average molecular weight is 145 g/mol. The summed E-state index contributed by atoms with van der Waals surface area (Å²) >= 11 is 1.62. The zero-order valence-electron chi connectivity index (χ0n) is 5.76. The van der Waals surface area contributed by atoms with Crippen molar-refractivity contribution in [2.75, 3.05) is 12.2 Å². The molecular weight excluding hydrogens is 134 g/mol. The quantitative estimate of drug-likeness (QED) is 0.564. The van der Waals surface area contributed by atoms with E-state index in [9.17, 15) is 0 Å². The lowest BCUT2D eigenvalue weighted by Crippen LogP contribution is -2.05. The molecule has 2 nitrogen and oxygen atoms in total. The molecule has 0 saturated heterocycles. The molecule has 0 aliphatic heterocycles. The van der Waals surface area contributed by atoms with Crippen molar-refractivity contribution in [3.63, 3.8) is 0 Å². The number of hydrogen-bond acceptors (Lipinski definition) is 3. The van der Waals surface area contributed by atoms with E-state index >= 15 is 0 Å². The molecule has 0 rings (SSSR count). The monoisotopic (exact) mass is 145 g/mol. The van der Waals surface area contributed by atoms with Gasteiger partial charge in [-0.3, -0.25) is 0 Å². The number of ether oxygens (including phenoxy) is 1. The van der Waals surface area contributed by atoms with Gasteiger partial charge in [0.05, 0.1) is 24.5 Å². The second-order valence-corrected chi connectivity index (χ2v) is 2.56. The molecule has 0 aromatic rings. The highest BCUT2D eigenvalue weighted by Gasteiger charge is 1.97. The van der Waals surface area contributed by atoms with Gasteiger partial charge in [-0.2, -0.15) is 5.26 Å². The first-order chi connectivity index (χ1) is 4.31. The zero-order chi connectivity index (χ0) is 7.11. The van der Waals surface area contributed by atoms with Crippen molar-refractivity contribution in [3.05, 3.63) is 0 Å². The summed E-state index contributed by atoms with van der Waals surface area (Å²) in [6.45, 7) is 1.90. The summed E-state index contributed by atoms with van der Waals surface area (Å²) in [5.74, 6) is 0.683. The molecule has 0 amide bonds. The molecular formula is C6H11NOS. The maximum atomic E-state index is 8.20. The molecule has 1 atom stereocenters. The summed E-state index contributed by atoms with van der Waals surface area (Å²) in [6.07, 6.45) is 2.54. The molecule has 1 unspecified atom stereocenters. The maximum absolute atomic E-state index is 8.20. The zero-order valence-corrected chi connectivity index (χ0v) is 6.57. The molecule has 0 radical (unpaired) electrons. The van der Waals surface area contributed by atoms with Gasteiger partial charge in [-0.05, 0) is 13.2 Å². The van der Waals surface area contributed by atoms with E-state index in [-0.39, 0.29) is 6.10 Å². The number of nitrogens with zero attached hydrogens (tertiary/aromatic N) is 1. The third kappa shape index (κ3) is 5.67. The molecule has 0 N–H and O–H groups in total. The van der Waals surface area contributed by atoms with E-state index in [2.05, 4.69) is 0 Å². The van der Waals surface area contributed by atoms with Crippen molar-refractivity contribution in [2.24, 2.45) is 0 Å². The van der Waals surface area contributed by atoms with Gasteiger partial charge >= 0.3 is 0 Å². The van der Waals surface area contributed by atoms with Crippen molar-refractivity contribution in [1.29, 1.82) is 5.26 Å². The minimum atomic E-state index is 0.0856. The van der Waals surface area contributed by atoms with E-state index in [1.165, 1.54) is 0 Å². The van der Waals surface area contributed by atoms with Crippen LogP contribution in [0.4, 0.5) is 0 Å². The van der Waals surface area contributed by atoms with Crippen LogP contribution in [0.2, 0.25) is 0 Å². The van der Waals surface area contributed by atoms with Crippen molar-refractivity contribution in [2.45, 2.75) is 19.4 Å². The molecule has 0 aromatic carbocycles. The van der Waals surface area contributed by atoms with Crippen LogP contribution >= 0.6 is 11.8 Å². The van der Waals surface area contributed by atoms with Crippen LogP contribution in [0.3, 0.4) is 0 Å². The van der Waals surface area contributed by atoms with Crippen LogP contribution in [0.25, 0.3) is 0 Å². The fourth-order valence-electron chi connectivity index (χ4n) is 0.372. The van der Waals surface area contributed by atoms with Crippen LogP contribution in [0.1, 0.15) is 13.3 Å². The minimum Gasteiger partial charge on any atom is -0.367 e. The van der Waals surface area contributed by atoms with Crippen LogP contribution in [-0.4, -0.2) is 18.3 Å². The first-order valence-corrected chi connectivity index (χ1v) is 4.18. The number of rotatable bonds is 4. The van der Waals surface area contributed by atoms with Crippen LogP contribution in [-0.2, 0) is 4.74 Å². The highest BCUT2D eigenvalue weighted by Crippen LogP contribution is 2.00. The van der Waals surface area contributed by atoms with Gasteiger partial charge < -0.3 is 4.74 Å². The van der Waals surface area contributed by atoms with Gasteiger partial charge in [-0.1, -0.05) is 0 Å². The average Bonchev–Trinajstić information content (AvgIpc) is 1.85. The van der Waals surface area contributed by atoms with Crippen LogP contribution in [0.5, 0.6) is 0 Å². The lowest BCUT2D eigenvalue weighted by Gasteiger charge is -2.05. The lowest BCUT2D eigenvalue weighted by molar-refractivity contribution is 0.109. The van der Waals surface area contributed by atoms with E-state index in [0.29, 0.717) is 12.4 Å². The first kappa shape index (κ1) is 8.80. The van der Waals surface area contributed by atoms with Crippen molar-refractivity contribution in [3.8, 4) is 6.07 Å². The molecule has 9 heavy (non-hydrogen) atoms. The van der Waals surface area contributed by atoms with Gasteiger partial charge in [0.25, 0.3) is 0 Å². The Morgan fingerprint density at radius 3 is 2.89 bits per heavy atom. The Kier molecular flexibility index (Phi) is 5.80. The van der Waals surface area contributed by atoms with Gasteiger partial charge in [0.15, 0.2) is 0 Å². The summed E-state index contributed by atoms with van der Waals surface area (Å²) in [6, 6.07) is 2.04.